The van der Waals surface area contributed by atoms with E-state index in [2.05, 4.69) is 22.6 Å². The molecule has 15 heteroatoms. The number of carboxylic acid groups (broad SMARTS) is 1. The van der Waals surface area contributed by atoms with Crippen LogP contribution in [0.1, 0.15) is 38.7 Å². The number of furan rings is 2. The summed E-state index contributed by atoms with van der Waals surface area (Å²) < 4.78 is 12.4. The maximum atomic E-state index is 12.8. The number of nitrogens with zero attached hydrogens (tertiary/aromatic N) is 2. The van der Waals surface area contributed by atoms with Gasteiger partial charge in [-0.1, -0.05) is 72.2 Å². The average Bonchev–Trinajstić information content (AvgIpc) is 3.96. The van der Waals surface area contributed by atoms with Crippen molar-refractivity contribution in [2.75, 3.05) is 27.2 Å². The van der Waals surface area contributed by atoms with E-state index >= 15 is 0 Å². The Balaban J connectivity index is 0.000000183. The lowest BCUT2D eigenvalue weighted by atomic mass is 10.1. The highest BCUT2D eigenvalue weighted by molar-refractivity contribution is 8.27. The Morgan fingerprint density at radius 1 is 0.804 bits per heavy atom. The molecule has 0 saturated carbocycles. The Morgan fingerprint density at radius 3 is 1.67 bits per heavy atom. The monoisotopic (exact) mass is 758 g/mol. The number of benzene rings is 2. The van der Waals surface area contributed by atoms with Crippen molar-refractivity contribution < 1.29 is 33.1 Å². The van der Waals surface area contributed by atoms with Crippen molar-refractivity contribution in [2.24, 2.45) is 0 Å². The number of aromatic carboxylic acids is 1. The normalized spacial score (nSPS) is 18.9. The third kappa shape index (κ3) is 8.75. The lowest BCUT2D eigenvalue weighted by Crippen LogP contribution is -2.38. The minimum atomic E-state index is -0.975. The minimum absolute atomic E-state index is 0.0296. The second-order valence-corrected chi connectivity index (χ2v) is 15.1. The molecule has 0 radical (unpaired) electrons. The lowest BCUT2D eigenvalue weighted by molar-refractivity contribution is -0.116. The van der Waals surface area contributed by atoms with Crippen LogP contribution in [0.5, 0.6) is 0 Å². The van der Waals surface area contributed by atoms with E-state index in [1.54, 1.807) is 42.5 Å². The van der Waals surface area contributed by atoms with Crippen molar-refractivity contribution >= 4 is 92.4 Å². The number of amides is 3. The molecule has 0 bridgehead atoms. The fourth-order valence-corrected chi connectivity index (χ4v) is 7.47. The predicted molar refractivity (Wildman–Crippen MR) is 206 cm³/mol. The van der Waals surface area contributed by atoms with Gasteiger partial charge in [0, 0.05) is 48.5 Å². The summed E-state index contributed by atoms with van der Waals surface area (Å²) in [5.74, 6) is 0.977. The van der Waals surface area contributed by atoms with E-state index in [1.807, 2.05) is 42.3 Å². The van der Waals surface area contributed by atoms with Gasteiger partial charge in [-0.25, -0.2) is 4.79 Å². The first-order valence-corrected chi connectivity index (χ1v) is 18.0. The Hall–Kier alpha value is -4.80. The fourth-order valence-electron chi connectivity index (χ4n) is 5.42. The van der Waals surface area contributed by atoms with Crippen molar-refractivity contribution in [2.45, 2.75) is 12.5 Å². The maximum Gasteiger partial charge on any atom is 0.335 e. The van der Waals surface area contributed by atoms with Gasteiger partial charge in [0.15, 0.2) is 0 Å². The Kier molecular flexibility index (Phi) is 11.0. The first-order chi connectivity index (χ1) is 24.4. The number of likely N-dealkylation sites (tertiary alicyclic amines) is 1. The third-order valence-electron chi connectivity index (χ3n) is 8.15. The summed E-state index contributed by atoms with van der Waals surface area (Å²) in [6, 6.07) is 21.2. The molecular formula is C36H30N4O7S4. The number of thioether (sulfide) groups is 2. The molecule has 51 heavy (non-hydrogen) atoms. The number of carbonyl (C=O) groups excluding carboxylic acids is 3. The van der Waals surface area contributed by atoms with Crippen molar-refractivity contribution in [1.82, 2.24) is 20.4 Å². The lowest BCUT2D eigenvalue weighted by Gasteiger charge is -2.24. The van der Waals surface area contributed by atoms with Gasteiger partial charge in [-0.15, -0.1) is 0 Å². The van der Waals surface area contributed by atoms with Gasteiger partial charge in [0.05, 0.1) is 15.4 Å². The van der Waals surface area contributed by atoms with Gasteiger partial charge in [-0.05, 0) is 68.5 Å². The van der Waals surface area contributed by atoms with Gasteiger partial charge in [-0.2, -0.15) is 0 Å². The zero-order valence-electron chi connectivity index (χ0n) is 27.2. The van der Waals surface area contributed by atoms with Gasteiger partial charge >= 0.3 is 5.97 Å². The molecule has 2 aromatic carbocycles. The summed E-state index contributed by atoms with van der Waals surface area (Å²) in [6.45, 7) is 1.93. The smallest absolute Gasteiger partial charge is 0.335 e. The summed E-state index contributed by atoms with van der Waals surface area (Å²) in [7, 11) is 3.95. The number of thiocarbonyl (C=S) groups is 2. The summed E-state index contributed by atoms with van der Waals surface area (Å²) >= 11 is 12.3. The molecule has 1 atom stereocenters. The van der Waals surface area contributed by atoms with E-state index in [9.17, 15) is 19.2 Å². The topological polar surface area (TPSA) is 145 Å². The Bertz CT molecular complexity index is 2100. The number of hydrogen-bond donors (Lipinski definition) is 3. The molecule has 3 fully saturated rings. The van der Waals surface area contributed by atoms with Crippen LogP contribution in [0.4, 0.5) is 0 Å². The highest BCUT2D eigenvalue weighted by Crippen LogP contribution is 2.30. The summed E-state index contributed by atoms with van der Waals surface area (Å²) in [4.78, 5) is 52.0. The number of carboxylic acids is 1. The van der Waals surface area contributed by atoms with E-state index in [4.69, 9.17) is 38.4 Å². The molecule has 4 aromatic rings. The second kappa shape index (κ2) is 15.6. The third-order valence-corrected chi connectivity index (χ3v) is 10.5. The number of likely N-dealkylation sites (N-methyl/N-ethyl adjacent to an activating group) is 2. The van der Waals surface area contributed by atoms with Crippen LogP contribution in [-0.2, 0) is 9.59 Å². The van der Waals surface area contributed by atoms with Crippen LogP contribution < -0.4 is 10.6 Å². The second-order valence-electron chi connectivity index (χ2n) is 11.7. The molecule has 3 N–H and O–H groups in total. The Labute approximate surface area is 312 Å². The standard InChI is InChI=1S/C21H21N3O3S2.C15H9NO4S2/c1-23-10-9-15(12-23)24(2)20(26)14-5-3-13(4-6-14)17-8-7-16(27-17)11-18-19(25)22-21(28)29-18;17-13-12(22-15(21)16-13)7-10-5-6-11(20-10)8-1-3-9(4-2-8)14(18)19/h3-8,11,15H,9-10,12H2,1-2H3,(H,22,25,28);1-7H,(H,18,19)(H,16,17,21)/b18-11-;12-7-. The van der Waals surface area contributed by atoms with Crippen molar-refractivity contribution in [3.8, 4) is 22.6 Å². The van der Waals surface area contributed by atoms with Gasteiger partial charge in [0.25, 0.3) is 17.7 Å². The zero-order valence-corrected chi connectivity index (χ0v) is 30.5. The van der Waals surface area contributed by atoms with Gasteiger partial charge in [0.1, 0.15) is 31.7 Å². The van der Waals surface area contributed by atoms with Crippen LogP contribution >= 0.6 is 48.0 Å². The predicted octanol–water partition coefficient (Wildman–Crippen LogP) is 6.35. The van der Waals surface area contributed by atoms with Crippen LogP contribution in [-0.4, -0.2) is 80.5 Å². The highest BCUT2D eigenvalue weighted by Gasteiger charge is 2.27. The zero-order chi connectivity index (χ0) is 36.2. The summed E-state index contributed by atoms with van der Waals surface area (Å²) in [5, 5.41) is 14.0. The highest BCUT2D eigenvalue weighted by atomic mass is 32.2. The molecule has 2 aromatic heterocycles. The van der Waals surface area contributed by atoms with Crippen LogP contribution in [0.3, 0.4) is 0 Å². The molecule has 1 unspecified atom stereocenters. The van der Waals surface area contributed by atoms with Crippen LogP contribution in [0.2, 0.25) is 0 Å². The molecule has 5 heterocycles. The van der Waals surface area contributed by atoms with E-state index in [0.717, 1.165) is 30.6 Å². The molecule has 0 aliphatic carbocycles. The van der Waals surface area contributed by atoms with Crippen LogP contribution in [0.25, 0.3) is 34.8 Å². The molecule has 7 rings (SSSR count). The fraction of sp³-hybridized carbons (Fsp3) is 0.167. The largest absolute Gasteiger partial charge is 0.478 e. The van der Waals surface area contributed by atoms with E-state index in [0.29, 0.717) is 47.1 Å². The summed E-state index contributed by atoms with van der Waals surface area (Å²) in [5.41, 5.74) is 2.50. The summed E-state index contributed by atoms with van der Waals surface area (Å²) in [6.07, 6.45) is 4.30. The van der Waals surface area contributed by atoms with Crippen molar-refractivity contribution in [3.63, 3.8) is 0 Å². The molecule has 0 spiro atoms. The van der Waals surface area contributed by atoms with E-state index in [1.165, 1.54) is 35.7 Å². The van der Waals surface area contributed by atoms with Crippen molar-refractivity contribution in [3.05, 3.63) is 105 Å². The molecular weight excluding hydrogens is 729 g/mol. The molecule has 3 aliphatic heterocycles. The minimum Gasteiger partial charge on any atom is -0.478 e. The van der Waals surface area contributed by atoms with E-state index in [-0.39, 0.29) is 29.3 Å². The van der Waals surface area contributed by atoms with Gasteiger partial charge < -0.3 is 34.4 Å². The SMILES string of the molecule is CN1CCC(N(C)C(=O)c2ccc(-c3ccc(/C=C4\SC(=S)NC4=O)o3)cc2)C1.O=C1NC(=S)S/C1=C\c1ccc(-c2ccc(C(=O)O)cc2)o1. The average molecular weight is 759 g/mol. The number of rotatable bonds is 7. The quantitative estimate of drug-likeness (QED) is 0.143. The molecule has 3 amide bonds. The maximum absolute atomic E-state index is 12.8. The number of hydrogen-bond acceptors (Lipinski definition) is 11. The number of nitrogens with one attached hydrogen (secondary N) is 2. The van der Waals surface area contributed by atoms with E-state index < -0.39 is 5.97 Å². The Morgan fingerprint density at radius 2 is 1.27 bits per heavy atom. The number of carbonyl (C=O) groups is 4. The van der Waals surface area contributed by atoms with Crippen LogP contribution in [0.15, 0.2) is 91.4 Å². The molecule has 260 valence electrons. The molecule has 11 nitrogen and oxygen atoms in total. The first kappa shape index (κ1) is 36.0. The molecule has 3 aliphatic rings. The first-order valence-electron chi connectivity index (χ1n) is 15.5. The van der Waals surface area contributed by atoms with Gasteiger partial charge in [0.2, 0.25) is 0 Å². The molecule has 3 saturated heterocycles. The van der Waals surface area contributed by atoms with Crippen molar-refractivity contribution in [1.29, 1.82) is 0 Å². The van der Waals surface area contributed by atoms with Crippen LogP contribution in [0, 0.1) is 0 Å². The van der Waals surface area contributed by atoms with Gasteiger partial charge in [-0.3, -0.25) is 14.4 Å².